The van der Waals surface area contributed by atoms with Gasteiger partial charge in [-0.15, -0.1) is 0 Å². The summed E-state index contributed by atoms with van der Waals surface area (Å²) in [5.41, 5.74) is 0. The van der Waals surface area contributed by atoms with Crippen LogP contribution in [0.5, 0.6) is 0 Å². The second-order valence-corrected chi connectivity index (χ2v) is 9.35. The fourth-order valence-electron chi connectivity index (χ4n) is 2.81. The number of likely N-dealkylation sites (tertiary alicyclic amines) is 1. The third kappa shape index (κ3) is 5.21. The van der Waals surface area contributed by atoms with Crippen molar-refractivity contribution in [1.29, 1.82) is 0 Å². The van der Waals surface area contributed by atoms with E-state index in [9.17, 15) is 14.1 Å². The average molecular weight is 334 g/mol. The normalized spacial score (nSPS) is 21.7. The van der Waals surface area contributed by atoms with Crippen molar-refractivity contribution >= 4 is 17.1 Å². The number of hydrogen-bond acceptors (Lipinski definition) is 3. The highest BCUT2D eigenvalue weighted by Crippen LogP contribution is 2.28. The Kier molecular flexibility index (Phi) is 6.83. The van der Waals surface area contributed by atoms with E-state index in [-0.39, 0.29) is 10.8 Å². The first-order valence-electron chi connectivity index (χ1n) is 7.88. The van der Waals surface area contributed by atoms with Crippen molar-refractivity contribution < 1.29 is 19.2 Å². The Balaban J connectivity index is 2.78. The molecule has 0 spiro atoms. The van der Waals surface area contributed by atoms with Crippen LogP contribution >= 0.6 is 0 Å². The van der Waals surface area contributed by atoms with Gasteiger partial charge in [-0.1, -0.05) is 0 Å². The molecule has 130 valence electrons. The predicted molar refractivity (Wildman–Crippen MR) is 88.1 cm³/mol. The first-order chi connectivity index (χ1) is 10.0. The molecule has 0 saturated carbocycles. The van der Waals surface area contributed by atoms with Crippen molar-refractivity contribution in [3.05, 3.63) is 0 Å². The molecule has 1 amide bonds. The summed E-state index contributed by atoms with van der Waals surface area (Å²) in [6.45, 7) is 10.9. The zero-order chi connectivity index (χ0) is 17.1. The van der Waals surface area contributed by atoms with Gasteiger partial charge >= 0.3 is 6.09 Å². The summed E-state index contributed by atoms with van der Waals surface area (Å²) in [4.78, 5) is 12.4. The van der Waals surface area contributed by atoms with Crippen LogP contribution in [-0.4, -0.2) is 66.2 Å². The van der Waals surface area contributed by atoms with E-state index in [0.29, 0.717) is 25.6 Å². The number of piperidine rings is 1. The second-order valence-electron chi connectivity index (χ2n) is 7.16. The number of aliphatic hydroxyl groups excluding tert-OH is 1. The summed E-state index contributed by atoms with van der Waals surface area (Å²) >= 11 is 0. The van der Waals surface area contributed by atoms with Crippen LogP contribution in [0.15, 0.2) is 0 Å². The molecular formula is C15H30N2O4S. The van der Waals surface area contributed by atoms with Gasteiger partial charge in [0.1, 0.15) is 11.0 Å². The van der Waals surface area contributed by atoms with Crippen LogP contribution in [0.2, 0.25) is 0 Å². The monoisotopic (exact) mass is 334 g/mol. The lowest BCUT2D eigenvalue weighted by molar-refractivity contribution is 0.0968. The highest BCUT2D eigenvalue weighted by atomic mass is 32.2. The minimum Gasteiger partial charge on any atom is -0.465 e. The number of aliphatic hydroxyl groups is 1. The lowest BCUT2D eigenvalue weighted by Gasteiger charge is -2.40. The minimum atomic E-state index is -1.20. The zero-order valence-corrected chi connectivity index (χ0v) is 15.1. The largest absolute Gasteiger partial charge is 0.465 e. The topological polar surface area (TPSA) is 81.1 Å². The van der Waals surface area contributed by atoms with Crippen LogP contribution < -0.4 is 0 Å². The molecule has 1 fully saturated rings. The number of rotatable bonds is 5. The van der Waals surface area contributed by atoms with Gasteiger partial charge in [0.15, 0.2) is 0 Å². The standard InChI is InChI=1S/C15H30N2O4S/c1-11(18)10-17(22(21)15(3,4)5)12(2)13-6-8-16(9-7-13)14(19)20/h11-13,18H,6-10H2,1-5H3,(H,19,20)/t11?,12-,22?/m0/s1. The van der Waals surface area contributed by atoms with Crippen molar-refractivity contribution in [2.45, 2.75) is 64.4 Å². The van der Waals surface area contributed by atoms with Crippen LogP contribution in [-0.2, 0) is 11.0 Å². The Hall–Kier alpha value is -0.660. The molecule has 6 nitrogen and oxygen atoms in total. The van der Waals surface area contributed by atoms with E-state index >= 15 is 0 Å². The van der Waals surface area contributed by atoms with Gasteiger partial charge in [0, 0.05) is 25.7 Å². The fraction of sp³-hybridized carbons (Fsp3) is 0.933. The van der Waals surface area contributed by atoms with Gasteiger partial charge in [-0.05, 0) is 53.4 Å². The van der Waals surface area contributed by atoms with E-state index in [2.05, 4.69) is 0 Å². The molecule has 0 aromatic rings. The fourth-order valence-corrected chi connectivity index (χ4v) is 4.33. The molecule has 1 aliphatic rings. The third-order valence-corrected chi connectivity index (χ3v) is 6.08. The summed E-state index contributed by atoms with van der Waals surface area (Å²) in [5, 5.41) is 18.8. The number of carbonyl (C=O) groups is 1. The lowest BCUT2D eigenvalue weighted by Crippen LogP contribution is -2.50. The SMILES string of the molecule is CC(O)CN([C@@H](C)C1CCN(C(=O)O)CC1)S(=O)C(C)(C)C. The summed E-state index contributed by atoms with van der Waals surface area (Å²) in [7, 11) is -1.20. The summed E-state index contributed by atoms with van der Waals surface area (Å²) in [5.74, 6) is 0.292. The summed E-state index contributed by atoms with van der Waals surface area (Å²) in [6, 6.07) is 0.0469. The number of carboxylic acid groups (broad SMARTS) is 1. The maximum atomic E-state index is 12.8. The van der Waals surface area contributed by atoms with Crippen LogP contribution in [0.25, 0.3) is 0 Å². The molecule has 0 aromatic carbocycles. The molecule has 2 unspecified atom stereocenters. The van der Waals surface area contributed by atoms with Crippen molar-refractivity contribution in [2.75, 3.05) is 19.6 Å². The van der Waals surface area contributed by atoms with Gasteiger partial charge in [-0.3, -0.25) is 0 Å². The molecule has 0 aromatic heterocycles. The van der Waals surface area contributed by atoms with E-state index in [4.69, 9.17) is 5.11 Å². The van der Waals surface area contributed by atoms with E-state index < -0.39 is 23.2 Å². The highest BCUT2D eigenvalue weighted by molar-refractivity contribution is 7.84. The van der Waals surface area contributed by atoms with Crippen LogP contribution in [0.4, 0.5) is 4.79 Å². The van der Waals surface area contributed by atoms with E-state index in [0.717, 1.165) is 12.8 Å². The Labute approximate surface area is 136 Å². The smallest absolute Gasteiger partial charge is 0.407 e. The Bertz CT molecular complexity index is 401. The maximum Gasteiger partial charge on any atom is 0.407 e. The second kappa shape index (κ2) is 7.75. The number of amides is 1. The number of hydrogen-bond donors (Lipinski definition) is 2. The van der Waals surface area contributed by atoms with E-state index in [1.807, 2.05) is 32.0 Å². The molecule has 1 rings (SSSR count). The molecular weight excluding hydrogens is 304 g/mol. The van der Waals surface area contributed by atoms with Gasteiger partial charge in [0.05, 0.1) is 10.9 Å². The molecule has 0 aliphatic carbocycles. The molecule has 3 atom stereocenters. The maximum absolute atomic E-state index is 12.8. The Morgan fingerprint density at radius 2 is 1.82 bits per heavy atom. The van der Waals surface area contributed by atoms with Crippen molar-refractivity contribution in [1.82, 2.24) is 9.21 Å². The molecule has 22 heavy (non-hydrogen) atoms. The Morgan fingerprint density at radius 1 is 1.32 bits per heavy atom. The molecule has 7 heteroatoms. The van der Waals surface area contributed by atoms with Gasteiger partial charge in [-0.25, -0.2) is 13.3 Å². The highest BCUT2D eigenvalue weighted by Gasteiger charge is 2.35. The number of nitrogens with zero attached hydrogens (tertiary/aromatic N) is 2. The molecule has 0 radical (unpaired) electrons. The van der Waals surface area contributed by atoms with E-state index in [1.54, 1.807) is 6.92 Å². The van der Waals surface area contributed by atoms with Crippen molar-refractivity contribution in [3.8, 4) is 0 Å². The lowest BCUT2D eigenvalue weighted by atomic mass is 9.90. The molecule has 0 bridgehead atoms. The average Bonchev–Trinajstić information content (AvgIpc) is 2.42. The quantitative estimate of drug-likeness (QED) is 0.805. The van der Waals surface area contributed by atoms with Gasteiger partial charge in [0.25, 0.3) is 0 Å². The zero-order valence-electron chi connectivity index (χ0n) is 14.3. The summed E-state index contributed by atoms with van der Waals surface area (Å²) < 4.78 is 14.3. The predicted octanol–water partition coefficient (Wildman–Crippen LogP) is 1.91. The third-order valence-electron chi connectivity index (χ3n) is 4.13. The first kappa shape index (κ1) is 19.4. The molecule has 1 heterocycles. The van der Waals surface area contributed by atoms with Crippen molar-refractivity contribution in [3.63, 3.8) is 0 Å². The van der Waals surface area contributed by atoms with Crippen LogP contribution in [0, 0.1) is 5.92 Å². The van der Waals surface area contributed by atoms with Crippen molar-refractivity contribution in [2.24, 2.45) is 5.92 Å². The van der Waals surface area contributed by atoms with Gasteiger partial charge < -0.3 is 15.1 Å². The molecule has 2 N–H and O–H groups in total. The molecule has 1 aliphatic heterocycles. The van der Waals surface area contributed by atoms with Gasteiger partial charge in [0.2, 0.25) is 0 Å². The van der Waals surface area contributed by atoms with Crippen LogP contribution in [0.3, 0.4) is 0 Å². The molecule has 1 saturated heterocycles. The first-order valence-corrected chi connectivity index (χ1v) is 8.99. The van der Waals surface area contributed by atoms with Crippen LogP contribution in [0.1, 0.15) is 47.5 Å². The Morgan fingerprint density at radius 3 is 2.18 bits per heavy atom. The van der Waals surface area contributed by atoms with E-state index in [1.165, 1.54) is 4.90 Å². The summed E-state index contributed by atoms with van der Waals surface area (Å²) in [6.07, 6.45) is 0.119. The minimum absolute atomic E-state index is 0.0469. The van der Waals surface area contributed by atoms with Gasteiger partial charge in [-0.2, -0.15) is 0 Å².